The predicted octanol–water partition coefficient (Wildman–Crippen LogP) is 4.86. The Kier molecular flexibility index (Phi) is 4.53. The van der Waals surface area contributed by atoms with E-state index >= 15 is 0 Å². The fourth-order valence-corrected chi connectivity index (χ4v) is 4.56. The van der Waals surface area contributed by atoms with Gasteiger partial charge >= 0.3 is 0 Å². The molecular weight excluding hydrogens is 333 g/mol. The van der Waals surface area contributed by atoms with Gasteiger partial charge in [0.05, 0.1) is 5.69 Å². The number of anilines is 1. The maximum Gasteiger partial charge on any atom is 0.211 e. The second kappa shape index (κ2) is 6.96. The molecule has 3 aromatic rings. The zero-order valence-corrected chi connectivity index (χ0v) is 14.8. The first-order valence-corrected chi connectivity index (χ1v) is 9.58. The number of rotatable bonds is 3. The number of halogens is 1. The third-order valence-electron chi connectivity index (χ3n) is 5.04. The van der Waals surface area contributed by atoms with Gasteiger partial charge in [-0.3, -0.25) is 4.79 Å². The van der Waals surface area contributed by atoms with Crippen molar-refractivity contribution in [3.05, 3.63) is 75.5 Å². The number of benzene rings is 2. The van der Waals surface area contributed by atoms with Gasteiger partial charge in [0.15, 0.2) is 0 Å². The normalized spacial score (nSPS) is 15.6. The van der Waals surface area contributed by atoms with Crippen LogP contribution in [0.3, 0.4) is 0 Å². The Bertz CT molecular complexity index is 930. The second-order valence-corrected chi connectivity index (χ2v) is 7.62. The molecule has 1 aliphatic heterocycles. The molecule has 0 atom stereocenters. The molecule has 4 heteroatoms. The van der Waals surface area contributed by atoms with Gasteiger partial charge in [0.2, 0.25) is 5.43 Å². The molecule has 4 rings (SSSR count). The quantitative estimate of drug-likeness (QED) is 0.670. The van der Waals surface area contributed by atoms with Crippen LogP contribution in [0.2, 0.25) is 0 Å². The van der Waals surface area contributed by atoms with Gasteiger partial charge in [0.25, 0.3) is 0 Å². The molecule has 1 aliphatic rings. The standard InChI is InChI=1S/C21H20FNOS/c22-17-6-7-20-18(13-17)21(24)19(14-25-20)23-10-8-16(9-11-23)12-15-4-2-1-3-5-15/h1-7,13-14,16H,8-12H2. The van der Waals surface area contributed by atoms with Crippen molar-refractivity contribution in [2.45, 2.75) is 19.3 Å². The van der Waals surface area contributed by atoms with E-state index in [-0.39, 0.29) is 11.2 Å². The predicted molar refractivity (Wildman–Crippen MR) is 103 cm³/mol. The van der Waals surface area contributed by atoms with Gasteiger partial charge in [-0.15, -0.1) is 11.3 Å². The highest BCUT2D eigenvalue weighted by molar-refractivity contribution is 7.16. The minimum Gasteiger partial charge on any atom is -0.368 e. The maximum absolute atomic E-state index is 13.5. The molecule has 0 amide bonds. The fourth-order valence-electron chi connectivity index (χ4n) is 3.64. The van der Waals surface area contributed by atoms with Crippen LogP contribution in [-0.4, -0.2) is 13.1 Å². The van der Waals surface area contributed by atoms with Crippen LogP contribution in [0, 0.1) is 11.7 Å². The Morgan fingerprint density at radius 1 is 1.08 bits per heavy atom. The first kappa shape index (κ1) is 16.3. The van der Waals surface area contributed by atoms with Crippen LogP contribution in [0.25, 0.3) is 10.1 Å². The molecule has 0 bridgehead atoms. The molecule has 0 aliphatic carbocycles. The molecule has 1 saturated heterocycles. The van der Waals surface area contributed by atoms with Crippen LogP contribution in [0.1, 0.15) is 18.4 Å². The van der Waals surface area contributed by atoms with Crippen molar-refractivity contribution in [2.75, 3.05) is 18.0 Å². The molecule has 0 spiro atoms. The van der Waals surface area contributed by atoms with Crippen LogP contribution in [0.4, 0.5) is 10.1 Å². The summed E-state index contributed by atoms with van der Waals surface area (Å²) in [5.41, 5.74) is 2.06. The molecule has 2 aromatic carbocycles. The first-order chi connectivity index (χ1) is 12.2. The topological polar surface area (TPSA) is 20.3 Å². The van der Waals surface area contributed by atoms with Crippen LogP contribution in [-0.2, 0) is 6.42 Å². The van der Waals surface area contributed by atoms with Crippen molar-refractivity contribution >= 4 is 27.1 Å². The zero-order chi connectivity index (χ0) is 17.2. The van der Waals surface area contributed by atoms with Crippen molar-refractivity contribution < 1.29 is 4.39 Å². The monoisotopic (exact) mass is 353 g/mol. The summed E-state index contributed by atoms with van der Waals surface area (Å²) < 4.78 is 14.3. The molecule has 0 unspecified atom stereocenters. The lowest BCUT2D eigenvalue weighted by atomic mass is 9.90. The lowest BCUT2D eigenvalue weighted by molar-refractivity contribution is 0.403. The number of nitrogens with zero attached hydrogens (tertiary/aromatic N) is 1. The summed E-state index contributed by atoms with van der Waals surface area (Å²) >= 11 is 1.52. The molecular formula is C21H20FNOS. The number of fused-ring (bicyclic) bond motifs is 1. The molecule has 2 nitrogen and oxygen atoms in total. The van der Waals surface area contributed by atoms with Crippen molar-refractivity contribution in [1.82, 2.24) is 0 Å². The summed E-state index contributed by atoms with van der Waals surface area (Å²) in [6, 6.07) is 15.0. The van der Waals surface area contributed by atoms with Crippen molar-refractivity contribution in [3.8, 4) is 0 Å². The van der Waals surface area contributed by atoms with Crippen molar-refractivity contribution in [1.29, 1.82) is 0 Å². The van der Waals surface area contributed by atoms with E-state index in [1.54, 1.807) is 6.07 Å². The highest BCUT2D eigenvalue weighted by atomic mass is 32.1. The highest BCUT2D eigenvalue weighted by Gasteiger charge is 2.22. The Morgan fingerprint density at radius 3 is 2.60 bits per heavy atom. The molecule has 0 radical (unpaired) electrons. The summed E-state index contributed by atoms with van der Waals surface area (Å²) in [6.45, 7) is 1.78. The molecule has 0 saturated carbocycles. The average Bonchev–Trinajstić information content (AvgIpc) is 2.64. The van der Waals surface area contributed by atoms with E-state index in [1.807, 2.05) is 11.4 Å². The van der Waals surface area contributed by atoms with E-state index in [2.05, 4.69) is 29.2 Å². The van der Waals surface area contributed by atoms with E-state index in [9.17, 15) is 9.18 Å². The summed E-state index contributed by atoms with van der Waals surface area (Å²) in [6.07, 6.45) is 3.27. The van der Waals surface area contributed by atoms with Crippen molar-refractivity contribution in [3.63, 3.8) is 0 Å². The van der Waals surface area contributed by atoms with Gasteiger partial charge in [-0.05, 0) is 48.9 Å². The minimum atomic E-state index is -0.351. The molecule has 25 heavy (non-hydrogen) atoms. The van der Waals surface area contributed by atoms with Gasteiger partial charge in [-0.2, -0.15) is 0 Å². The third kappa shape index (κ3) is 3.45. The van der Waals surface area contributed by atoms with Gasteiger partial charge in [0.1, 0.15) is 5.82 Å². The molecule has 128 valence electrons. The van der Waals surface area contributed by atoms with E-state index in [4.69, 9.17) is 0 Å². The zero-order valence-electron chi connectivity index (χ0n) is 14.0. The van der Waals surface area contributed by atoms with E-state index in [0.717, 1.165) is 42.7 Å². The Hall–Kier alpha value is -2.20. The first-order valence-electron chi connectivity index (χ1n) is 8.70. The summed E-state index contributed by atoms with van der Waals surface area (Å²) in [5.74, 6) is 0.311. The van der Waals surface area contributed by atoms with E-state index in [1.165, 1.54) is 29.0 Å². The fraction of sp³-hybridized carbons (Fsp3) is 0.286. The highest BCUT2D eigenvalue weighted by Crippen LogP contribution is 2.27. The summed E-state index contributed by atoms with van der Waals surface area (Å²) in [5, 5.41) is 2.43. The largest absolute Gasteiger partial charge is 0.368 e. The lowest BCUT2D eigenvalue weighted by Gasteiger charge is -2.33. The SMILES string of the molecule is O=c1c(N2CCC(Cc3ccccc3)CC2)csc2ccc(F)cc12. The molecule has 0 N–H and O–H groups in total. The van der Waals surface area contributed by atoms with Crippen molar-refractivity contribution in [2.24, 2.45) is 5.92 Å². The lowest BCUT2D eigenvalue weighted by Crippen LogP contribution is -2.36. The summed E-state index contributed by atoms with van der Waals surface area (Å²) in [4.78, 5) is 14.9. The van der Waals surface area contributed by atoms with Crippen LogP contribution in [0.5, 0.6) is 0 Å². The average molecular weight is 353 g/mol. The number of hydrogen-bond acceptors (Lipinski definition) is 3. The van der Waals surface area contributed by atoms with Crippen LogP contribution in [0.15, 0.2) is 58.7 Å². The van der Waals surface area contributed by atoms with Crippen LogP contribution >= 0.6 is 11.3 Å². The Morgan fingerprint density at radius 2 is 1.84 bits per heavy atom. The third-order valence-corrected chi connectivity index (χ3v) is 5.99. The Labute approximate surface area is 150 Å². The molecule has 1 aromatic heterocycles. The Balaban J connectivity index is 1.50. The van der Waals surface area contributed by atoms with E-state index in [0.29, 0.717) is 11.3 Å². The van der Waals surface area contributed by atoms with Gasteiger partial charge in [-0.25, -0.2) is 4.39 Å². The van der Waals surface area contributed by atoms with Crippen LogP contribution < -0.4 is 10.3 Å². The molecule has 1 fully saturated rings. The van der Waals surface area contributed by atoms with Gasteiger partial charge in [-0.1, -0.05) is 30.3 Å². The minimum absolute atomic E-state index is 0.0465. The van der Waals surface area contributed by atoms with Gasteiger partial charge < -0.3 is 4.90 Å². The van der Waals surface area contributed by atoms with Gasteiger partial charge in [0, 0.05) is 28.6 Å². The van der Waals surface area contributed by atoms with E-state index < -0.39 is 0 Å². The molecule has 2 heterocycles. The second-order valence-electron chi connectivity index (χ2n) is 6.71. The number of hydrogen-bond donors (Lipinski definition) is 0. The smallest absolute Gasteiger partial charge is 0.211 e. The maximum atomic E-state index is 13.5. The number of piperidine rings is 1. The summed E-state index contributed by atoms with van der Waals surface area (Å²) in [7, 11) is 0.